The predicted octanol–water partition coefficient (Wildman–Crippen LogP) is 4.15. The molecule has 5 nitrogen and oxygen atoms in total. The molecule has 1 rings (SSSR count). The van der Waals surface area contributed by atoms with E-state index in [1.807, 2.05) is 27.7 Å². The minimum atomic E-state index is -0.436. The van der Waals surface area contributed by atoms with Crippen LogP contribution in [0.15, 0.2) is 0 Å². The van der Waals surface area contributed by atoms with Crippen molar-refractivity contribution in [1.29, 1.82) is 0 Å². The molecule has 0 N–H and O–H groups in total. The molecule has 134 valence electrons. The number of piperidine rings is 1. The van der Waals surface area contributed by atoms with Gasteiger partial charge in [-0.1, -0.05) is 27.2 Å². The molecule has 0 spiro atoms. The average molecular weight is 327 g/mol. The van der Waals surface area contributed by atoms with Crippen LogP contribution >= 0.6 is 0 Å². The summed E-state index contributed by atoms with van der Waals surface area (Å²) < 4.78 is 11.1. The van der Waals surface area contributed by atoms with E-state index in [0.717, 1.165) is 25.7 Å². The van der Waals surface area contributed by atoms with Crippen LogP contribution in [0, 0.1) is 5.92 Å². The third kappa shape index (κ3) is 6.40. The fourth-order valence-electron chi connectivity index (χ4n) is 2.63. The molecule has 23 heavy (non-hydrogen) atoms. The van der Waals surface area contributed by atoms with Crippen molar-refractivity contribution in [1.82, 2.24) is 4.90 Å². The van der Waals surface area contributed by atoms with Crippen molar-refractivity contribution in [3.8, 4) is 0 Å². The molecule has 0 aromatic heterocycles. The quantitative estimate of drug-likeness (QED) is 0.659. The van der Waals surface area contributed by atoms with Gasteiger partial charge in [-0.05, 0) is 33.1 Å². The first-order chi connectivity index (χ1) is 10.8. The number of ether oxygens (including phenoxy) is 2. The van der Waals surface area contributed by atoms with Crippen molar-refractivity contribution in [2.24, 2.45) is 5.92 Å². The average Bonchev–Trinajstić information content (AvgIpc) is 2.52. The maximum Gasteiger partial charge on any atom is 0.410 e. The van der Waals surface area contributed by atoms with Gasteiger partial charge < -0.3 is 14.4 Å². The van der Waals surface area contributed by atoms with Gasteiger partial charge in [0.25, 0.3) is 0 Å². The minimum absolute atomic E-state index is 0.00773. The van der Waals surface area contributed by atoms with E-state index in [1.54, 1.807) is 4.90 Å². The predicted molar refractivity (Wildman–Crippen MR) is 90.2 cm³/mol. The number of hydrogen-bond acceptors (Lipinski definition) is 4. The Labute approximate surface area is 140 Å². The molecular weight excluding hydrogens is 294 g/mol. The summed E-state index contributed by atoms with van der Waals surface area (Å²) in [5.74, 6) is -0.0733. The Morgan fingerprint density at radius 2 is 1.78 bits per heavy atom. The SMILES string of the molecule is CCCC(CC)C(=O)OC1CCN(C(=O)OC(C)(C)CC)CC1. The lowest BCUT2D eigenvalue weighted by molar-refractivity contribution is -0.156. The van der Waals surface area contributed by atoms with Crippen LogP contribution < -0.4 is 0 Å². The number of rotatable bonds is 7. The summed E-state index contributed by atoms with van der Waals surface area (Å²) in [6.45, 7) is 11.1. The van der Waals surface area contributed by atoms with Crippen LogP contribution in [0.25, 0.3) is 0 Å². The van der Waals surface area contributed by atoms with Gasteiger partial charge >= 0.3 is 12.1 Å². The molecular formula is C18H33NO4. The number of amides is 1. The van der Waals surface area contributed by atoms with Gasteiger partial charge in [0.15, 0.2) is 0 Å². The van der Waals surface area contributed by atoms with E-state index < -0.39 is 5.60 Å². The standard InChI is InChI=1S/C18H33NO4/c1-6-9-14(7-2)16(20)22-15-10-12-19(13-11-15)17(21)23-18(4,5)8-3/h14-15H,6-13H2,1-5H3. The van der Waals surface area contributed by atoms with E-state index in [2.05, 4.69) is 6.92 Å². The van der Waals surface area contributed by atoms with Crippen molar-refractivity contribution in [3.63, 3.8) is 0 Å². The zero-order valence-corrected chi connectivity index (χ0v) is 15.4. The van der Waals surface area contributed by atoms with Gasteiger partial charge in [-0.2, -0.15) is 0 Å². The largest absolute Gasteiger partial charge is 0.462 e. The molecule has 1 amide bonds. The second-order valence-electron chi connectivity index (χ2n) is 7.00. The fourth-order valence-corrected chi connectivity index (χ4v) is 2.63. The zero-order valence-electron chi connectivity index (χ0n) is 15.4. The Morgan fingerprint density at radius 3 is 2.26 bits per heavy atom. The number of carbonyl (C=O) groups is 2. The minimum Gasteiger partial charge on any atom is -0.462 e. The van der Waals surface area contributed by atoms with Gasteiger partial charge in [-0.25, -0.2) is 4.79 Å². The normalized spacial score (nSPS) is 17.7. The molecule has 1 aliphatic rings. The lowest BCUT2D eigenvalue weighted by Gasteiger charge is -2.34. The summed E-state index contributed by atoms with van der Waals surface area (Å²) in [5.41, 5.74) is -0.436. The highest BCUT2D eigenvalue weighted by atomic mass is 16.6. The number of hydrogen-bond donors (Lipinski definition) is 0. The van der Waals surface area contributed by atoms with Crippen molar-refractivity contribution < 1.29 is 19.1 Å². The summed E-state index contributed by atoms with van der Waals surface area (Å²) in [5, 5.41) is 0. The molecule has 0 radical (unpaired) electrons. The second-order valence-corrected chi connectivity index (χ2v) is 7.00. The Morgan fingerprint density at radius 1 is 1.17 bits per heavy atom. The van der Waals surface area contributed by atoms with Crippen LogP contribution in [0.3, 0.4) is 0 Å². The fraction of sp³-hybridized carbons (Fsp3) is 0.889. The lowest BCUT2D eigenvalue weighted by Crippen LogP contribution is -2.44. The molecule has 1 unspecified atom stereocenters. The number of nitrogens with zero attached hydrogens (tertiary/aromatic N) is 1. The molecule has 0 saturated carbocycles. The van der Waals surface area contributed by atoms with E-state index in [9.17, 15) is 9.59 Å². The summed E-state index contributed by atoms with van der Waals surface area (Å²) in [7, 11) is 0. The first kappa shape index (κ1) is 19.8. The molecule has 1 atom stereocenters. The number of carbonyl (C=O) groups excluding carboxylic acids is 2. The monoisotopic (exact) mass is 327 g/mol. The van der Waals surface area contributed by atoms with Gasteiger partial charge in [0.1, 0.15) is 11.7 Å². The van der Waals surface area contributed by atoms with E-state index in [0.29, 0.717) is 25.9 Å². The third-order valence-corrected chi connectivity index (χ3v) is 4.66. The zero-order chi connectivity index (χ0) is 17.5. The molecule has 1 fully saturated rings. The van der Waals surface area contributed by atoms with Crippen LogP contribution in [0.5, 0.6) is 0 Å². The van der Waals surface area contributed by atoms with Gasteiger partial charge in [0.2, 0.25) is 0 Å². The smallest absolute Gasteiger partial charge is 0.410 e. The second kappa shape index (κ2) is 9.14. The number of likely N-dealkylation sites (tertiary alicyclic amines) is 1. The third-order valence-electron chi connectivity index (χ3n) is 4.66. The first-order valence-corrected chi connectivity index (χ1v) is 9.01. The Kier molecular flexibility index (Phi) is 7.86. The van der Waals surface area contributed by atoms with E-state index in [4.69, 9.17) is 9.47 Å². The van der Waals surface area contributed by atoms with Crippen molar-refractivity contribution in [2.45, 2.75) is 84.8 Å². The van der Waals surface area contributed by atoms with Crippen LogP contribution in [-0.2, 0) is 14.3 Å². The van der Waals surface area contributed by atoms with Gasteiger partial charge in [-0.15, -0.1) is 0 Å². The van der Waals surface area contributed by atoms with Crippen molar-refractivity contribution >= 4 is 12.1 Å². The molecule has 0 aromatic carbocycles. The molecule has 1 aliphatic heterocycles. The van der Waals surface area contributed by atoms with Crippen LogP contribution in [0.1, 0.15) is 73.1 Å². The first-order valence-electron chi connectivity index (χ1n) is 9.01. The van der Waals surface area contributed by atoms with Crippen molar-refractivity contribution in [3.05, 3.63) is 0 Å². The maximum absolute atomic E-state index is 12.1. The van der Waals surface area contributed by atoms with Crippen LogP contribution in [-0.4, -0.2) is 41.8 Å². The highest BCUT2D eigenvalue weighted by Gasteiger charge is 2.30. The molecule has 1 heterocycles. The maximum atomic E-state index is 12.1. The highest BCUT2D eigenvalue weighted by Crippen LogP contribution is 2.21. The van der Waals surface area contributed by atoms with Gasteiger partial charge in [0.05, 0.1) is 5.92 Å². The topological polar surface area (TPSA) is 55.8 Å². The Hall–Kier alpha value is -1.26. The molecule has 0 aliphatic carbocycles. The highest BCUT2D eigenvalue weighted by molar-refractivity contribution is 5.72. The molecule has 0 aromatic rings. The van der Waals surface area contributed by atoms with E-state index in [1.165, 1.54) is 0 Å². The molecule has 0 bridgehead atoms. The molecule has 1 saturated heterocycles. The van der Waals surface area contributed by atoms with Crippen molar-refractivity contribution in [2.75, 3.05) is 13.1 Å². The van der Waals surface area contributed by atoms with Crippen LogP contribution in [0.4, 0.5) is 4.79 Å². The molecule has 5 heteroatoms. The summed E-state index contributed by atoms with van der Waals surface area (Å²) >= 11 is 0. The Bertz CT molecular complexity index is 386. The van der Waals surface area contributed by atoms with E-state index in [-0.39, 0.29) is 24.1 Å². The summed E-state index contributed by atoms with van der Waals surface area (Å²) in [6.07, 6.45) is 4.52. The summed E-state index contributed by atoms with van der Waals surface area (Å²) in [6, 6.07) is 0. The Balaban J connectivity index is 2.40. The number of esters is 1. The van der Waals surface area contributed by atoms with Crippen LogP contribution in [0.2, 0.25) is 0 Å². The van der Waals surface area contributed by atoms with Gasteiger partial charge in [0, 0.05) is 25.9 Å². The van der Waals surface area contributed by atoms with E-state index >= 15 is 0 Å². The summed E-state index contributed by atoms with van der Waals surface area (Å²) in [4.78, 5) is 26.0. The van der Waals surface area contributed by atoms with Gasteiger partial charge in [-0.3, -0.25) is 4.79 Å². The lowest BCUT2D eigenvalue weighted by atomic mass is 10.0.